The van der Waals surface area contributed by atoms with E-state index < -0.39 is 11.9 Å². The first-order chi connectivity index (χ1) is 8.13. The van der Waals surface area contributed by atoms with Crippen molar-refractivity contribution in [3.8, 4) is 0 Å². The predicted octanol–water partition coefficient (Wildman–Crippen LogP) is 2.20. The van der Waals surface area contributed by atoms with Crippen LogP contribution in [-0.4, -0.2) is 17.6 Å². The van der Waals surface area contributed by atoms with Gasteiger partial charge in [0.05, 0.1) is 5.92 Å². The maximum absolute atomic E-state index is 12.7. The van der Waals surface area contributed by atoms with E-state index in [9.17, 15) is 9.18 Å². The highest BCUT2D eigenvalue weighted by molar-refractivity contribution is 5.70. The third kappa shape index (κ3) is 4.95. The summed E-state index contributed by atoms with van der Waals surface area (Å²) in [6, 6.07) is 5.98. The molecule has 1 atom stereocenters. The summed E-state index contributed by atoms with van der Waals surface area (Å²) in [4.78, 5) is 11.1. The van der Waals surface area contributed by atoms with E-state index in [1.807, 2.05) is 0 Å². The van der Waals surface area contributed by atoms with E-state index in [1.54, 1.807) is 12.1 Å². The molecular formula is C13H18FNO2. The molecule has 0 radical (unpaired) electrons. The first-order valence-corrected chi connectivity index (χ1v) is 5.81. The van der Waals surface area contributed by atoms with Gasteiger partial charge in [-0.3, -0.25) is 4.79 Å². The molecule has 3 nitrogen and oxygen atoms in total. The van der Waals surface area contributed by atoms with Gasteiger partial charge in [-0.05, 0) is 43.5 Å². The Hall–Kier alpha value is -1.42. The molecule has 3 N–H and O–H groups in total. The molecule has 0 aromatic heterocycles. The van der Waals surface area contributed by atoms with Crippen molar-refractivity contribution in [3.05, 3.63) is 35.6 Å². The highest BCUT2D eigenvalue weighted by Gasteiger charge is 2.17. The second-order valence-corrected chi connectivity index (χ2v) is 4.15. The quantitative estimate of drug-likeness (QED) is 0.717. The van der Waals surface area contributed by atoms with Crippen molar-refractivity contribution in [1.29, 1.82) is 0 Å². The molecule has 4 heteroatoms. The molecule has 1 rings (SSSR count). The van der Waals surface area contributed by atoms with Crippen molar-refractivity contribution in [2.45, 2.75) is 25.7 Å². The van der Waals surface area contributed by atoms with Crippen molar-refractivity contribution >= 4 is 5.97 Å². The van der Waals surface area contributed by atoms with Gasteiger partial charge in [-0.25, -0.2) is 4.39 Å². The third-order valence-electron chi connectivity index (χ3n) is 2.75. The Morgan fingerprint density at radius 1 is 1.29 bits per heavy atom. The van der Waals surface area contributed by atoms with E-state index in [1.165, 1.54) is 12.1 Å². The summed E-state index contributed by atoms with van der Waals surface area (Å²) in [6.07, 6.45) is 2.71. The van der Waals surface area contributed by atoms with Crippen LogP contribution in [0.5, 0.6) is 0 Å². The number of halogens is 1. The lowest BCUT2D eigenvalue weighted by Crippen LogP contribution is -2.17. The van der Waals surface area contributed by atoms with Crippen molar-refractivity contribution < 1.29 is 14.3 Å². The van der Waals surface area contributed by atoms with E-state index in [2.05, 4.69) is 0 Å². The molecule has 0 amide bonds. The summed E-state index contributed by atoms with van der Waals surface area (Å²) in [7, 11) is 0. The van der Waals surface area contributed by atoms with Gasteiger partial charge in [0, 0.05) is 0 Å². The van der Waals surface area contributed by atoms with Crippen LogP contribution < -0.4 is 5.73 Å². The maximum atomic E-state index is 12.7. The maximum Gasteiger partial charge on any atom is 0.306 e. The molecule has 1 aromatic carbocycles. The molecule has 0 aliphatic heterocycles. The van der Waals surface area contributed by atoms with Gasteiger partial charge in [0.25, 0.3) is 0 Å². The molecule has 0 bridgehead atoms. The van der Waals surface area contributed by atoms with Gasteiger partial charge >= 0.3 is 5.97 Å². The Bertz CT molecular complexity index is 351. The molecule has 0 saturated heterocycles. The summed E-state index contributed by atoms with van der Waals surface area (Å²) in [5, 5.41) is 9.08. The van der Waals surface area contributed by atoms with Gasteiger partial charge in [-0.15, -0.1) is 0 Å². The molecule has 0 fully saturated rings. The lowest BCUT2D eigenvalue weighted by atomic mass is 9.94. The smallest absolute Gasteiger partial charge is 0.306 e. The van der Waals surface area contributed by atoms with Gasteiger partial charge in [-0.1, -0.05) is 18.6 Å². The fourth-order valence-corrected chi connectivity index (χ4v) is 1.75. The zero-order valence-electron chi connectivity index (χ0n) is 9.73. The van der Waals surface area contributed by atoms with E-state index >= 15 is 0 Å². The minimum absolute atomic E-state index is 0.302. The summed E-state index contributed by atoms with van der Waals surface area (Å²) in [5.41, 5.74) is 6.22. The van der Waals surface area contributed by atoms with E-state index in [0.29, 0.717) is 19.4 Å². The fraction of sp³-hybridized carbons (Fsp3) is 0.462. The zero-order valence-corrected chi connectivity index (χ0v) is 9.73. The topological polar surface area (TPSA) is 63.3 Å². The lowest BCUT2D eigenvalue weighted by molar-refractivity contribution is -0.142. The first-order valence-electron chi connectivity index (χ1n) is 5.81. The Balaban J connectivity index is 2.54. The van der Waals surface area contributed by atoms with Gasteiger partial charge in [0.15, 0.2) is 0 Å². The number of benzene rings is 1. The largest absolute Gasteiger partial charge is 0.481 e. The minimum Gasteiger partial charge on any atom is -0.481 e. The van der Waals surface area contributed by atoms with Crippen molar-refractivity contribution in [2.75, 3.05) is 6.54 Å². The van der Waals surface area contributed by atoms with Crippen LogP contribution in [0.1, 0.15) is 24.8 Å². The average Bonchev–Trinajstić information content (AvgIpc) is 2.30. The summed E-state index contributed by atoms with van der Waals surface area (Å²) in [6.45, 7) is 0.586. The van der Waals surface area contributed by atoms with E-state index in [0.717, 1.165) is 18.4 Å². The van der Waals surface area contributed by atoms with E-state index in [4.69, 9.17) is 10.8 Å². The number of nitrogens with two attached hydrogens (primary N) is 1. The van der Waals surface area contributed by atoms with Crippen LogP contribution in [0.25, 0.3) is 0 Å². The fourth-order valence-electron chi connectivity index (χ4n) is 1.75. The Labute approximate surface area is 100 Å². The average molecular weight is 239 g/mol. The SMILES string of the molecule is NCCCCC(Cc1ccc(F)cc1)C(=O)O. The highest BCUT2D eigenvalue weighted by atomic mass is 19.1. The van der Waals surface area contributed by atoms with Gasteiger partial charge in [0.2, 0.25) is 0 Å². The highest BCUT2D eigenvalue weighted by Crippen LogP contribution is 2.16. The minimum atomic E-state index is -0.800. The van der Waals surface area contributed by atoms with Crippen LogP contribution in [0.15, 0.2) is 24.3 Å². The van der Waals surface area contributed by atoms with E-state index in [-0.39, 0.29) is 5.82 Å². The molecule has 0 heterocycles. The van der Waals surface area contributed by atoms with Gasteiger partial charge in [0.1, 0.15) is 5.82 Å². The number of carboxylic acid groups (broad SMARTS) is 1. The van der Waals surface area contributed by atoms with Crippen molar-refractivity contribution in [3.63, 3.8) is 0 Å². The van der Waals surface area contributed by atoms with Crippen LogP contribution >= 0.6 is 0 Å². The predicted molar refractivity (Wildman–Crippen MR) is 64.1 cm³/mol. The van der Waals surface area contributed by atoms with Crippen molar-refractivity contribution in [1.82, 2.24) is 0 Å². The van der Waals surface area contributed by atoms with Crippen LogP contribution in [-0.2, 0) is 11.2 Å². The Morgan fingerprint density at radius 2 is 1.94 bits per heavy atom. The number of aliphatic carboxylic acids is 1. The molecule has 0 aliphatic carbocycles. The molecule has 0 saturated carbocycles. The number of carboxylic acids is 1. The molecular weight excluding hydrogens is 221 g/mol. The van der Waals surface area contributed by atoms with Crippen LogP contribution in [0, 0.1) is 11.7 Å². The second kappa shape index (κ2) is 7.01. The normalized spacial score (nSPS) is 12.4. The summed E-state index contributed by atoms with van der Waals surface area (Å²) < 4.78 is 12.7. The van der Waals surface area contributed by atoms with Gasteiger partial charge < -0.3 is 10.8 Å². The third-order valence-corrected chi connectivity index (χ3v) is 2.75. The van der Waals surface area contributed by atoms with Crippen LogP contribution in [0.2, 0.25) is 0 Å². The standard InChI is InChI=1S/C13H18FNO2/c14-12-6-4-10(5-7-12)9-11(13(16)17)3-1-2-8-15/h4-7,11H,1-3,8-9,15H2,(H,16,17). The first kappa shape index (κ1) is 13.6. The number of hydrogen-bond donors (Lipinski definition) is 2. The number of unbranched alkanes of at least 4 members (excludes halogenated alkanes) is 1. The molecule has 1 unspecified atom stereocenters. The van der Waals surface area contributed by atoms with Crippen LogP contribution in [0.4, 0.5) is 4.39 Å². The summed E-state index contributed by atoms with van der Waals surface area (Å²) in [5.74, 6) is -1.51. The molecule has 0 spiro atoms. The Morgan fingerprint density at radius 3 is 2.47 bits per heavy atom. The Kier molecular flexibility index (Phi) is 5.63. The molecule has 0 aliphatic rings. The molecule has 1 aromatic rings. The number of carbonyl (C=O) groups is 1. The second-order valence-electron chi connectivity index (χ2n) is 4.15. The van der Waals surface area contributed by atoms with Crippen LogP contribution in [0.3, 0.4) is 0 Å². The van der Waals surface area contributed by atoms with Gasteiger partial charge in [-0.2, -0.15) is 0 Å². The molecule has 94 valence electrons. The van der Waals surface area contributed by atoms with Crippen molar-refractivity contribution in [2.24, 2.45) is 11.7 Å². The summed E-state index contributed by atoms with van der Waals surface area (Å²) >= 11 is 0. The molecule has 17 heavy (non-hydrogen) atoms. The number of rotatable bonds is 7. The zero-order chi connectivity index (χ0) is 12.7. The monoisotopic (exact) mass is 239 g/mol. The lowest BCUT2D eigenvalue weighted by Gasteiger charge is -2.11. The number of hydrogen-bond acceptors (Lipinski definition) is 2.